The number of nitrogens with two attached hydrogens (primary N) is 2. The van der Waals surface area contributed by atoms with Crippen molar-refractivity contribution in [3.8, 4) is 0 Å². The van der Waals surface area contributed by atoms with Gasteiger partial charge in [-0.2, -0.15) is 4.98 Å². The number of nitrogens with zero attached hydrogens (tertiary/aromatic N) is 2. The molecular weight excluding hydrogens is 354 g/mol. The van der Waals surface area contributed by atoms with Crippen LogP contribution in [0.1, 0.15) is 36.0 Å². The van der Waals surface area contributed by atoms with Gasteiger partial charge in [0.25, 0.3) is 5.91 Å². The molecule has 0 bridgehead atoms. The van der Waals surface area contributed by atoms with Gasteiger partial charge < -0.3 is 22.1 Å². The Kier molecular flexibility index (Phi) is 4.18. The van der Waals surface area contributed by atoms with Crippen molar-refractivity contribution in [1.29, 1.82) is 0 Å². The Balaban J connectivity index is 1.62. The quantitative estimate of drug-likeness (QED) is 0.590. The molecule has 1 aromatic carbocycles. The number of aromatic nitrogens is 2. The van der Waals surface area contributed by atoms with Crippen molar-refractivity contribution in [3.63, 3.8) is 0 Å². The van der Waals surface area contributed by atoms with Gasteiger partial charge in [-0.3, -0.25) is 4.79 Å². The minimum Gasteiger partial charge on any atom is -0.365 e. The molecule has 6 N–H and O–H groups in total. The molecule has 2 aliphatic rings. The van der Waals surface area contributed by atoms with Crippen LogP contribution in [0.5, 0.6) is 0 Å². The second-order valence-electron chi connectivity index (χ2n) is 7.30. The molecule has 7 nitrogen and oxygen atoms in total. The largest absolute Gasteiger partial charge is 0.365 e. The van der Waals surface area contributed by atoms with Gasteiger partial charge in [-0.15, -0.1) is 0 Å². The Hall–Kier alpha value is -2.81. The summed E-state index contributed by atoms with van der Waals surface area (Å²) < 4.78 is 26.9. The second-order valence-corrected chi connectivity index (χ2v) is 7.30. The van der Waals surface area contributed by atoms with Gasteiger partial charge in [-0.25, -0.2) is 13.8 Å². The molecule has 0 spiro atoms. The van der Waals surface area contributed by atoms with Crippen LogP contribution < -0.4 is 22.1 Å². The highest BCUT2D eigenvalue weighted by Crippen LogP contribution is 2.47. The first-order valence-corrected chi connectivity index (χ1v) is 8.79. The average Bonchev–Trinajstić information content (AvgIpc) is 3.49. The molecule has 0 aliphatic heterocycles. The predicted molar refractivity (Wildman–Crippen MR) is 96.5 cm³/mol. The van der Waals surface area contributed by atoms with Crippen LogP contribution in [-0.4, -0.2) is 27.5 Å². The summed E-state index contributed by atoms with van der Waals surface area (Å²) in [7, 11) is 0. The van der Waals surface area contributed by atoms with Crippen LogP contribution >= 0.6 is 0 Å². The maximum absolute atomic E-state index is 13.4. The van der Waals surface area contributed by atoms with E-state index in [2.05, 4.69) is 20.6 Å². The van der Waals surface area contributed by atoms with E-state index in [-0.39, 0.29) is 34.6 Å². The number of carbonyl (C=O) groups is 1. The van der Waals surface area contributed by atoms with Crippen LogP contribution in [0.25, 0.3) is 0 Å². The molecule has 142 valence electrons. The van der Waals surface area contributed by atoms with Crippen LogP contribution in [0.15, 0.2) is 24.4 Å². The Morgan fingerprint density at radius 3 is 2.44 bits per heavy atom. The van der Waals surface area contributed by atoms with Gasteiger partial charge in [0.05, 0.1) is 0 Å². The molecule has 27 heavy (non-hydrogen) atoms. The molecule has 0 saturated heterocycles. The highest BCUT2D eigenvalue weighted by molar-refractivity contribution is 5.98. The standard InChI is InChI=1S/C18H20F2N6O/c19-10-5-11(20)7-12(6-10)24-16-13(15(21)27)8-23-17(26-16)25-14(9-1-2-9)18(22)3-4-18/h5-9,14H,1-4,22H2,(H2,21,27)(H2,23,24,25,26)/t14-/m1/s1. The third-order valence-electron chi connectivity index (χ3n) is 5.00. The SMILES string of the molecule is NC(=O)c1cnc(N[C@H](C2CC2)C2(N)CC2)nc1Nc1cc(F)cc(F)c1. The van der Waals surface area contributed by atoms with E-state index in [9.17, 15) is 13.6 Å². The number of nitrogens with one attached hydrogen (secondary N) is 2. The Morgan fingerprint density at radius 1 is 1.22 bits per heavy atom. The van der Waals surface area contributed by atoms with Gasteiger partial charge in [0.15, 0.2) is 0 Å². The van der Waals surface area contributed by atoms with Gasteiger partial charge in [0.1, 0.15) is 23.0 Å². The zero-order chi connectivity index (χ0) is 19.2. The van der Waals surface area contributed by atoms with Gasteiger partial charge in [0, 0.05) is 29.5 Å². The summed E-state index contributed by atoms with van der Waals surface area (Å²) in [5.41, 5.74) is 11.6. The summed E-state index contributed by atoms with van der Waals surface area (Å²) in [4.78, 5) is 20.1. The summed E-state index contributed by atoms with van der Waals surface area (Å²) in [5.74, 6) is -1.42. The Labute approximate surface area is 154 Å². The lowest BCUT2D eigenvalue weighted by Gasteiger charge is -2.25. The smallest absolute Gasteiger partial charge is 0.254 e. The Bertz CT molecular complexity index is 877. The molecule has 2 aromatic rings. The molecule has 1 aromatic heterocycles. The maximum atomic E-state index is 13.4. The first-order valence-electron chi connectivity index (χ1n) is 8.79. The molecular formula is C18H20F2N6O. The number of rotatable bonds is 7. The monoisotopic (exact) mass is 374 g/mol. The number of primary amides is 1. The maximum Gasteiger partial charge on any atom is 0.254 e. The summed E-state index contributed by atoms with van der Waals surface area (Å²) in [6, 6.07) is 2.99. The summed E-state index contributed by atoms with van der Waals surface area (Å²) in [6.45, 7) is 0. The molecule has 2 aliphatic carbocycles. The summed E-state index contributed by atoms with van der Waals surface area (Å²) >= 11 is 0. The van der Waals surface area contributed by atoms with E-state index in [0.717, 1.165) is 43.9 Å². The molecule has 9 heteroatoms. The van der Waals surface area contributed by atoms with Crippen molar-refractivity contribution in [2.45, 2.75) is 37.3 Å². The van der Waals surface area contributed by atoms with Gasteiger partial charge >= 0.3 is 0 Å². The molecule has 1 heterocycles. The number of benzene rings is 1. The van der Waals surface area contributed by atoms with Crippen molar-refractivity contribution in [2.24, 2.45) is 17.4 Å². The van der Waals surface area contributed by atoms with E-state index in [1.165, 1.54) is 6.20 Å². The lowest BCUT2D eigenvalue weighted by Crippen LogP contribution is -2.44. The normalized spacial score (nSPS) is 18.6. The Morgan fingerprint density at radius 2 is 1.89 bits per heavy atom. The molecule has 1 amide bonds. The highest BCUT2D eigenvalue weighted by atomic mass is 19.1. The molecule has 2 saturated carbocycles. The van der Waals surface area contributed by atoms with E-state index in [4.69, 9.17) is 11.5 Å². The van der Waals surface area contributed by atoms with Crippen LogP contribution in [0, 0.1) is 17.6 Å². The molecule has 1 atom stereocenters. The van der Waals surface area contributed by atoms with Crippen molar-refractivity contribution in [3.05, 3.63) is 41.6 Å². The van der Waals surface area contributed by atoms with Crippen molar-refractivity contribution < 1.29 is 13.6 Å². The number of hydrogen-bond acceptors (Lipinski definition) is 6. The van der Waals surface area contributed by atoms with E-state index in [1.54, 1.807) is 0 Å². The van der Waals surface area contributed by atoms with E-state index >= 15 is 0 Å². The predicted octanol–water partition coefficient (Wildman–Crippen LogP) is 2.28. The topological polar surface area (TPSA) is 119 Å². The first-order chi connectivity index (χ1) is 12.8. The third-order valence-corrected chi connectivity index (χ3v) is 5.00. The molecule has 0 radical (unpaired) electrons. The van der Waals surface area contributed by atoms with Gasteiger partial charge in [-0.05, 0) is 43.7 Å². The highest BCUT2D eigenvalue weighted by Gasteiger charge is 2.52. The van der Waals surface area contributed by atoms with Crippen LogP contribution in [-0.2, 0) is 0 Å². The van der Waals surface area contributed by atoms with Crippen LogP contribution in [0.2, 0.25) is 0 Å². The molecule has 2 fully saturated rings. The van der Waals surface area contributed by atoms with E-state index in [1.807, 2.05) is 0 Å². The summed E-state index contributed by atoms with van der Waals surface area (Å²) in [6.07, 6.45) is 5.37. The van der Waals surface area contributed by atoms with Crippen molar-refractivity contribution in [1.82, 2.24) is 9.97 Å². The van der Waals surface area contributed by atoms with Crippen LogP contribution in [0.4, 0.5) is 26.2 Å². The van der Waals surface area contributed by atoms with Gasteiger partial charge in [-0.1, -0.05) is 0 Å². The third kappa shape index (κ3) is 3.82. The number of anilines is 3. The van der Waals surface area contributed by atoms with E-state index in [0.29, 0.717) is 5.92 Å². The average molecular weight is 374 g/mol. The number of amides is 1. The number of halogens is 2. The number of carbonyl (C=O) groups excluding carboxylic acids is 1. The van der Waals surface area contributed by atoms with E-state index < -0.39 is 17.5 Å². The van der Waals surface area contributed by atoms with Gasteiger partial charge in [0.2, 0.25) is 5.95 Å². The molecule has 4 rings (SSSR count). The second kappa shape index (κ2) is 6.41. The fourth-order valence-electron chi connectivity index (χ4n) is 3.24. The number of hydrogen-bond donors (Lipinski definition) is 4. The van der Waals surface area contributed by atoms with Crippen molar-refractivity contribution in [2.75, 3.05) is 10.6 Å². The summed E-state index contributed by atoms with van der Waals surface area (Å²) in [5, 5.41) is 6.02. The zero-order valence-corrected chi connectivity index (χ0v) is 14.5. The lowest BCUT2D eigenvalue weighted by atomic mass is 10.0. The fourth-order valence-corrected chi connectivity index (χ4v) is 3.24. The zero-order valence-electron chi connectivity index (χ0n) is 14.5. The minimum atomic E-state index is -0.753. The van der Waals surface area contributed by atoms with Crippen molar-refractivity contribution >= 4 is 23.4 Å². The first kappa shape index (κ1) is 17.6. The van der Waals surface area contributed by atoms with Crippen LogP contribution in [0.3, 0.4) is 0 Å². The minimum absolute atomic E-state index is 0.0158. The fraction of sp³-hybridized carbons (Fsp3) is 0.389. The molecule has 0 unspecified atom stereocenters. The lowest BCUT2D eigenvalue weighted by molar-refractivity contribution is 0.100.